The van der Waals surface area contributed by atoms with Gasteiger partial charge in [0.25, 0.3) is 0 Å². The monoisotopic (exact) mass is 240 g/mol. The second-order valence-corrected chi connectivity index (χ2v) is 4.81. The third kappa shape index (κ3) is 2.66. The van der Waals surface area contributed by atoms with E-state index in [-0.39, 0.29) is 0 Å². The van der Waals surface area contributed by atoms with E-state index in [9.17, 15) is 0 Å². The van der Waals surface area contributed by atoms with Gasteiger partial charge in [0.15, 0.2) is 0 Å². The van der Waals surface area contributed by atoms with Crippen molar-refractivity contribution >= 4 is 11.6 Å². The number of rotatable bonds is 4. The van der Waals surface area contributed by atoms with Crippen molar-refractivity contribution in [1.82, 2.24) is 9.88 Å². The van der Waals surface area contributed by atoms with Gasteiger partial charge in [-0.05, 0) is 24.0 Å². The molecule has 0 saturated carbocycles. The Morgan fingerprint density at radius 1 is 1.50 bits per heavy atom. The average molecular weight is 241 g/mol. The van der Waals surface area contributed by atoms with Crippen molar-refractivity contribution in [1.29, 1.82) is 0 Å². The number of hydrogen-bond acceptors (Lipinski definition) is 3. The maximum Gasteiger partial charge on any atom is 0.142 e. The first-order valence-corrected chi connectivity index (χ1v) is 6.05. The maximum absolute atomic E-state index is 6.02. The summed E-state index contributed by atoms with van der Waals surface area (Å²) in [4.78, 5) is 6.40. The van der Waals surface area contributed by atoms with Crippen LogP contribution in [0.15, 0.2) is 12.3 Å². The highest BCUT2D eigenvalue weighted by atomic mass is 35.5. The fourth-order valence-corrected chi connectivity index (χ4v) is 1.93. The third-order valence-electron chi connectivity index (χ3n) is 2.83. The minimum Gasteiger partial charge on any atom is -0.477 e. The molecular weight excluding hydrogens is 224 g/mol. The summed E-state index contributed by atoms with van der Waals surface area (Å²) in [5.74, 6) is 1.17. The van der Waals surface area contributed by atoms with E-state index in [1.54, 1.807) is 6.20 Å². The third-order valence-corrected chi connectivity index (χ3v) is 3.14. The highest BCUT2D eigenvalue weighted by Gasteiger charge is 2.14. The standard InChI is InChI=1S/C12H17ClN2O/c1-9(2)11-6-10(7-14-12(11)13)16-8-15-4-3-5-15/h6-7,9H,3-5,8H2,1-2H3. The van der Waals surface area contributed by atoms with Crippen molar-refractivity contribution < 1.29 is 4.74 Å². The number of ether oxygens (including phenoxy) is 1. The maximum atomic E-state index is 6.02. The molecule has 3 nitrogen and oxygen atoms in total. The highest BCUT2D eigenvalue weighted by Crippen LogP contribution is 2.26. The molecule has 1 fully saturated rings. The Hall–Kier alpha value is -0.800. The molecule has 2 rings (SSSR count). The first-order chi connectivity index (χ1) is 7.66. The first-order valence-electron chi connectivity index (χ1n) is 5.67. The zero-order chi connectivity index (χ0) is 11.5. The zero-order valence-corrected chi connectivity index (χ0v) is 10.5. The van der Waals surface area contributed by atoms with Gasteiger partial charge in [0, 0.05) is 13.1 Å². The summed E-state index contributed by atoms with van der Waals surface area (Å²) >= 11 is 6.02. The summed E-state index contributed by atoms with van der Waals surface area (Å²) < 4.78 is 5.66. The second-order valence-electron chi connectivity index (χ2n) is 4.45. The summed E-state index contributed by atoms with van der Waals surface area (Å²) in [6, 6.07) is 1.99. The van der Waals surface area contributed by atoms with Crippen molar-refractivity contribution in [2.75, 3.05) is 19.8 Å². The van der Waals surface area contributed by atoms with Crippen LogP contribution in [0.4, 0.5) is 0 Å². The normalized spacial score (nSPS) is 16.2. The molecule has 1 aliphatic rings. The van der Waals surface area contributed by atoms with Gasteiger partial charge in [-0.2, -0.15) is 0 Å². The molecule has 16 heavy (non-hydrogen) atoms. The first kappa shape index (κ1) is 11.7. The van der Waals surface area contributed by atoms with Gasteiger partial charge in [-0.25, -0.2) is 4.98 Å². The smallest absolute Gasteiger partial charge is 0.142 e. The summed E-state index contributed by atoms with van der Waals surface area (Å²) in [6.45, 7) is 7.13. The van der Waals surface area contributed by atoms with Crippen LogP contribution in [0.2, 0.25) is 5.15 Å². The molecule has 4 heteroatoms. The van der Waals surface area contributed by atoms with Gasteiger partial charge in [0.2, 0.25) is 0 Å². The Morgan fingerprint density at radius 3 is 2.81 bits per heavy atom. The number of hydrogen-bond donors (Lipinski definition) is 0. The van der Waals surface area contributed by atoms with E-state index in [1.807, 2.05) is 6.07 Å². The van der Waals surface area contributed by atoms with E-state index in [0.717, 1.165) is 24.4 Å². The summed E-state index contributed by atoms with van der Waals surface area (Å²) in [6.07, 6.45) is 2.97. The molecule has 0 aromatic carbocycles. The largest absolute Gasteiger partial charge is 0.477 e. The van der Waals surface area contributed by atoms with Crippen LogP contribution in [0, 0.1) is 0 Å². The predicted molar refractivity (Wildman–Crippen MR) is 65.0 cm³/mol. The molecular formula is C12H17ClN2O. The van der Waals surface area contributed by atoms with Gasteiger partial charge in [-0.1, -0.05) is 25.4 Å². The van der Waals surface area contributed by atoms with Crippen LogP contribution >= 0.6 is 11.6 Å². The molecule has 0 bridgehead atoms. The van der Waals surface area contributed by atoms with Crippen molar-refractivity contribution in [2.24, 2.45) is 0 Å². The van der Waals surface area contributed by atoms with Crippen LogP contribution in [0.25, 0.3) is 0 Å². The van der Waals surface area contributed by atoms with Crippen LogP contribution in [0.3, 0.4) is 0 Å². The van der Waals surface area contributed by atoms with Crippen LogP contribution < -0.4 is 4.74 Å². The lowest BCUT2D eigenvalue weighted by molar-refractivity contribution is 0.0728. The fraction of sp³-hybridized carbons (Fsp3) is 0.583. The Morgan fingerprint density at radius 2 is 2.25 bits per heavy atom. The molecule has 1 aliphatic heterocycles. The SMILES string of the molecule is CC(C)c1cc(OCN2CCC2)cnc1Cl. The van der Waals surface area contributed by atoms with Gasteiger partial charge in [0.05, 0.1) is 6.20 Å². The average Bonchev–Trinajstić information content (AvgIpc) is 2.17. The Kier molecular flexibility index (Phi) is 3.66. The number of nitrogens with zero attached hydrogens (tertiary/aromatic N) is 2. The second kappa shape index (κ2) is 5.02. The lowest BCUT2D eigenvalue weighted by Gasteiger charge is -2.30. The van der Waals surface area contributed by atoms with E-state index in [1.165, 1.54) is 6.42 Å². The molecule has 0 N–H and O–H groups in total. The Labute approximate surface area is 101 Å². The molecule has 2 heterocycles. The number of likely N-dealkylation sites (tertiary alicyclic amines) is 1. The Balaban J connectivity index is 2.00. The Bertz CT molecular complexity index is 364. The van der Waals surface area contributed by atoms with Gasteiger partial charge in [-0.3, -0.25) is 4.90 Å². The molecule has 0 radical (unpaired) electrons. The van der Waals surface area contributed by atoms with E-state index in [0.29, 0.717) is 17.8 Å². The molecule has 1 aromatic rings. The number of pyridine rings is 1. The van der Waals surface area contributed by atoms with Gasteiger partial charge < -0.3 is 4.74 Å². The van der Waals surface area contributed by atoms with Gasteiger partial charge in [-0.15, -0.1) is 0 Å². The van der Waals surface area contributed by atoms with Gasteiger partial charge in [0.1, 0.15) is 17.6 Å². The van der Waals surface area contributed by atoms with E-state index in [4.69, 9.17) is 16.3 Å². The van der Waals surface area contributed by atoms with Crippen molar-refractivity contribution in [2.45, 2.75) is 26.2 Å². The topological polar surface area (TPSA) is 25.4 Å². The van der Waals surface area contributed by atoms with Gasteiger partial charge >= 0.3 is 0 Å². The molecule has 1 aromatic heterocycles. The molecule has 0 amide bonds. The molecule has 1 saturated heterocycles. The predicted octanol–water partition coefficient (Wildman–Crippen LogP) is 2.90. The summed E-state index contributed by atoms with van der Waals surface area (Å²) in [5, 5.41) is 0.575. The lowest BCUT2D eigenvalue weighted by atomic mass is 10.1. The number of aromatic nitrogens is 1. The quantitative estimate of drug-likeness (QED) is 0.757. The minimum absolute atomic E-state index is 0.368. The van der Waals surface area contributed by atoms with Crippen molar-refractivity contribution in [3.8, 4) is 5.75 Å². The zero-order valence-electron chi connectivity index (χ0n) is 9.74. The molecule has 0 spiro atoms. The molecule has 88 valence electrons. The van der Waals surface area contributed by atoms with Crippen LogP contribution in [0.5, 0.6) is 5.75 Å². The van der Waals surface area contributed by atoms with E-state index < -0.39 is 0 Å². The number of halogens is 1. The summed E-state index contributed by atoms with van der Waals surface area (Å²) in [7, 11) is 0. The van der Waals surface area contributed by atoms with Crippen LogP contribution in [0.1, 0.15) is 31.7 Å². The van der Waals surface area contributed by atoms with Crippen LogP contribution in [-0.4, -0.2) is 29.7 Å². The highest BCUT2D eigenvalue weighted by molar-refractivity contribution is 6.30. The minimum atomic E-state index is 0.368. The van der Waals surface area contributed by atoms with E-state index >= 15 is 0 Å². The molecule has 0 unspecified atom stereocenters. The van der Waals surface area contributed by atoms with Crippen LogP contribution in [-0.2, 0) is 0 Å². The lowest BCUT2D eigenvalue weighted by Crippen LogP contribution is -2.39. The summed E-state index contributed by atoms with van der Waals surface area (Å²) in [5.41, 5.74) is 1.04. The van der Waals surface area contributed by atoms with Crippen molar-refractivity contribution in [3.05, 3.63) is 23.0 Å². The van der Waals surface area contributed by atoms with E-state index in [2.05, 4.69) is 23.7 Å². The molecule has 0 atom stereocenters. The van der Waals surface area contributed by atoms with Crippen molar-refractivity contribution in [3.63, 3.8) is 0 Å². The fourth-order valence-electron chi connectivity index (χ4n) is 1.61. The molecule has 0 aliphatic carbocycles.